The fraction of sp³-hybridized carbons (Fsp3) is 0.250. The minimum absolute atomic E-state index is 0.157. The van der Waals surface area contributed by atoms with Crippen LogP contribution in [-0.4, -0.2) is 14.1 Å². The first-order valence-electron chi connectivity index (χ1n) is 6.34. The van der Waals surface area contributed by atoms with E-state index in [-0.39, 0.29) is 5.82 Å². The highest BCUT2D eigenvalue weighted by atomic mass is 19.1. The van der Waals surface area contributed by atoms with Gasteiger partial charge in [-0.1, -0.05) is 12.1 Å². The van der Waals surface area contributed by atoms with Crippen molar-refractivity contribution < 1.29 is 4.39 Å². The lowest BCUT2D eigenvalue weighted by Gasteiger charge is -2.20. The largest absolute Gasteiger partial charge is 0.388 e. The zero-order chi connectivity index (χ0) is 13.8. The van der Waals surface area contributed by atoms with E-state index < -0.39 is 0 Å². The molecule has 100 valence electrons. The number of hydrogen-bond donors (Lipinski definition) is 1. The molecular formula is C16H19FN2. The van der Waals surface area contributed by atoms with Gasteiger partial charge in [-0.15, -0.1) is 0 Å². The fourth-order valence-electron chi connectivity index (χ4n) is 2.01. The Balaban J connectivity index is 2.10. The van der Waals surface area contributed by atoms with Crippen molar-refractivity contribution in [1.29, 1.82) is 0 Å². The Kier molecular flexibility index (Phi) is 4.05. The van der Waals surface area contributed by atoms with Crippen molar-refractivity contribution in [3.05, 3.63) is 59.4 Å². The summed E-state index contributed by atoms with van der Waals surface area (Å²) in [6.07, 6.45) is 0. The van der Waals surface area contributed by atoms with Gasteiger partial charge in [0.2, 0.25) is 0 Å². The molecule has 0 bridgehead atoms. The first-order chi connectivity index (χ1) is 9.10. The molecule has 0 aromatic heterocycles. The monoisotopic (exact) mass is 258 g/mol. The SMILES string of the molecule is CNc1ccc(CN(C)c2ccc(F)c(C)c2)cc1. The molecule has 0 saturated heterocycles. The Bertz CT molecular complexity index is 549. The number of benzene rings is 2. The minimum Gasteiger partial charge on any atom is -0.388 e. The predicted molar refractivity (Wildman–Crippen MR) is 79.2 cm³/mol. The summed E-state index contributed by atoms with van der Waals surface area (Å²) in [6.45, 7) is 2.59. The van der Waals surface area contributed by atoms with Gasteiger partial charge in [0.1, 0.15) is 5.82 Å². The molecule has 3 heteroatoms. The summed E-state index contributed by atoms with van der Waals surface area (Å²) in [7, 11) is 3.92. The van der Waals surface area contributed by atoms with Crippen LogP contribution >= 0.6 is 0 Å². The molecule has 2 aromatic carbocycles. The molecule has 0 amide bonds. The molecule has 0 saturated carbocycles. The van der Waals surface area contributed by atoms with Crippen LogP contribution in [0.5, 0.6) is 0 Å². The second-order valence-electron chi connectivity index (χ2n) is 4.74. The van der Waals surface area contributed by atoms with Crippen LogP contribution in [-0.2, 0) is 6.54 Å². The molecule has 2 nitrogen and oxygen atoms in total. The maximum Gasteiger partial charge on any atom is 0.126 e. The number of aryl methyl sites for hydroxylation is 1. The standard InChI is InChI=1S/C16H19FN2/c1-12-10-15(8-9-16(12)17)19(3)11-13-4-6-14(18-2)7-5-13/h4-10,18H,11H2,1-3H3. The number of nitrogens with one attached hydrogen (secondary N) is 1. The lowest BCUT2D eigenvalue weighted by molar-refractivity contribution is 0.618. The number of anilines is 2. The van der Waals surface area contributed by atoms with Crippen LogP contribution in [0.25, 0.3) is 0 Å². The molecule has 2 rings (SSSR count). The molecule has 1 N–H and O–H groups in total. The molecule has 0 atom stereocenters. The van der Waals surface area contributed by atoms with E-state index in [0.717, 1.165) is 17.9 Å². The highest BCUT2D eigenvalue weighted by Gasteiger charge is 2.05. The molecule has 0 radical (unpaired) electrons. The van der Waals surface area contributed by atoms with Gasteiger partial charge in [-0.2, -0.15) is 0 Å². The number of nitrogens with zero attached hydrogens (tertiary/aromatic N) is 1. The van der Waals surface area contributed by atoms with E-state index in [4.69, 9.17) is 0 Å². The predicted octanol–water partition coefficient (Wildman–Crippen LogP) is 3.81. The van der Waals surface area contributed by atoms with Crippen molar-refractivity contribution >= 4 is 11.4 Å². The van der Waals surface area contributed by atoms with Crippen LogP contribution in [0.4, 0.5) is 15.8 Å². The highest BCUT2D eigenvalue weighted by Crippen LogP contribution is 2.19. The Morgan fingerprint density at radius 1 is 1.11 bits per heavy atom. The Morgan fingerprint density at radius 3 is 2.37 bits per heavy atom. The number of halogens is 1. The van der Waals surface area contributed by atoms with Gasteiger partial charge >= 0.3 is 0 Å². The summed E-state index contributed by atoms with van der Waals surface area (Å²) < 4.78 is 13.2. The van der Waals surface area contributed by atoms with Crippen molar-refractivity contribution in [3.63, 3.8) is 0 Å². The second-order valence-corrected chi connectivity index (χ2v) is 4.74. The van der Waals surface area contributed by atoms with Crippen molar-refractivity contribution in [2.24, 2.45) is 0 Å². The van der Waals surface area contributed by atoms with E-state index in [1.165, 1.54) is 11.6 Å². The summed E-state index contributed by atoms with van der Waals surface area (Å²) in [4.78, 5) is 2.11. The molecule has 0 heterocycles. The van der Waals surface area contributed by atoms with Gasteiger partial charge in [0.25, 0.3) is 0 Å². The smallest absolute Gasteiger partial charge is 0.126 e. The zero-order valence-electron chi connectivity index (χ0n) is 11.6. The van der Waals surface area contributed by atoms with E-state index >= 15 is 0 Å². The average Bonchev–Trinajstić information content (AvgIpc) is 2.42. The van der Waals surface area contributed by atoms with E-state index in [1.54, 1.807) is 6.92 Å². The molecule has 0 fully saturated rings. The van der Waals surface area contributed by atoms with Crippen LogP contribution < -0.4 is 10.2 Å². The van der Waals surface area contributed by atoms with Crippen LogP contribution in [0.15, 0.2) is 42.5 Å². The first-order valence-corrected chi connectivity index (χ1v) is 6.34. The normalized spacial score (nSPS) is 10.3. The topological polar surface area (TPSA) is 15.3 Å². The number of rotatable bonds is 4. The summed E-state index contributed by atoms with van der Waals surface area (Å²) in [5, 5.41) is 3.10. The van der Waals surface area contributed by atoms with Crippen molar-refractivity contribution in [3.8, 4) is 0 Å². The van der Waals surface area contributed by atoms with Crippen molar-refractivity contribution in [1.82, 2.24) is 0 Å². The Labute approximate surface area is 113 Å². The van der Waals surface area contributed by atoms with E-state index in [1.807, 2.05) is 26.2 Å². The lowest BCUT2D eigenvalue weighted by atomic mass is 10.1. The molecular weight excluding hydrogens is 239 g/mol. The van der Waals surface area contributed by atoms with Crippen LogP contribution in [0.3, 0.4) is 0 Å². The molecule has 0 aliphatic rings. The maximum absolute atomic E-state index is 13.2. The summed E-state index contributed by atoms with van der Waals surface area (Å²) in [5.74, 6) is -0.157. The number of hydrogen-bond acceptors (Lipinski definition) is 2. The van der Waals surface area contributed by atoms with E-state index in [2.05, 4.69) is 34.5 Å². The molecule has 2 aromatic rings. The molecule has 0 aliphatic heterocycles. The fourth-order valence-corrected chi connectivity index (χ4v) is 2.01. The Hall–Kier alpha value is -2.03. The molecule has 19 heavy (non-hydrogen) atoms. The van der Waals surface area contributed by atoms with Gasteiger partial charge in [0, 0.05) is 32.0 Å². The zero-order valence-corrected chi connectivity index (χ0v) is 11.6. The third-order valence-electron chi connectivity index (χ3n) is 3.24. The first kappa shape index (κ1) is 13.4. The van der Waals surface area contributed by atoms with Gasteiger partial charge in [-0.25, -0.2) is 4.39 Å². The second kappa shape index (κ2) is 5.74. The van der Waals surface area contributed by atoms with Gasteiger partial charge in [-0.05, 0) is 48.4 Å². The van der Waals surface area contributed by atoms with Crippen LogP contribution in [0.2, 0.25) is 0 Å². The third-order valence-corrected chi connectivity index (χ3v) is 3.24. The van der Waals surface area contributed by atoms with E-state index in [0.29, 0.717) is 5.56 Å². The average molecular weight is 258 g/mol. The highest BCUT2D eigenvalue weighted by molar-refractivity contribution is 5.49. The van der Waals surface area contributed by atoms with Gasteiger partial charge in [0.15, 0.2) is 0 Å². The summed E-state index contributed by atoms with van der Waals surface area (Å²) in [5.41, 5.74) is 4.03. The van der Waals surface area contributed by atoms with Gasteiger partial charge in [-0.3, -0.25) is 0 Å². The quantitative estimate of drug-likeness (QED) is 0.897. The van der Waals surface area contributed by atoms with Crippen LogP contribution in [0, 0.1) is 12.7 Å². The van der Waals surface area contributed by atoms with Crippen LogP contribution in [0.1, 0.15) is 11.1 Å². The Morgan fingerprint density at radius 2 is 1.79 bits per heavy atom. The van der Waals surface area contributed by atoms with Crippen molar-refractivity contribution in [2.75, 3.05) is 24.3 Å². The van der Waals surface area contributed by atoms with Crippen molar-refractivity contribution in [2.45, 2.75) is 13.5 Å². The van der Waals surface area contributed by atoms with Gasteiger partial charge in [0.05, 0.1) is 0 Å². The molecule has 0 spiro atoms. The summed E-state index contributed by atoms with van der Waals surface area (Å²) in [6, 6.07) is 13.5. The molecule has 0 unspecified atom stereocenters. The summed E-state index contributed by atoms with van der Waals surface area (Å²) >= 11 is 0. The van der Waals surface area contributed by atoms with E-state index in [9.17, 15) is 4.39 Å². The third kappa shape index (κ3) is 3.25. The molecule has 0 aliphatic carbocycles. The minimum atomic E-state index is -0.157. The van der Waals surface area contributed by atoms with Gasteiger partial charge < -0.3 is 10.2 Å². The lowest BCUT2D eigenvalue weighted by Crippen LogP contribution is -2.16. The maximum atomic E-state index is 13.2.